The Kier molecular flexibility index (Phi) is 2.32. The number of hydrogen-bond donors (Lipinski definition) is 1. The van der Waals surface area contributed by atoms with E-state index in [1.807, 2.05) is 18.3 Å². The molecule has 1 N–H and O–H groups in total. The van der Waals surface area contributed by atoms with Crippen molar-refractivity contribution < 1.29 is 4.79 Å². The maximum absolute atomic E-state index is 12.1. The van der Waals surface area contributed by atoms with Crippen molar-refractivity contribution in [2.24, 2.45) is 0 Å². The predicted molar refractivity (Wildman–Crippen MR) is 69.1 cm³/mol. The van der Waals surface area contributed by atoms with Gasteiger partial charge in [-0.25, -0.2) is 0 Å². The molecule has 0 aliphatic heterocycles. The van der Waals surface area contributed by atoms with Crippen LogP contribution in [0.3, 0.4) is 0 Å². The molecule has 1 aliphatic carbocycles. The van der Waals surface area contributed by atoms with Crippen molar-refractivity contribution in [1.82, 2.24) is 4.98 Å². The molecule has 1 aromatic carbocycles. The van der Waals surface area contributed by atoms with Crippen LogP contribution in [0.5, 0.6) is 0 Å². The first-order valence-corrected chi connectivity index (χ1v) is 6.32. The molecular weight excluding hydrogens is 210 g/mol. The van der Waals surface area contributed by atoms with E-state index >= 15 is 0 Å². The van der Waals surface area contributed by atoms with E-state index in [2.05, 4.69) is 17.1 Å². The molecule has 0 unspecified atom stereocenters. The number of benzene rings is 1. The second-order valence-electron chi connectivity index (χ2n) is 5.09. The van der Waals surface area contributed by atoms with Gasteiger partial charge in [0.2, 0.25) is 0 Å². The van der Waals surface area contributed by atoms with Crippen molar-refractivity contribution in [3.05, 3.63) is 36.0 Å². The summed E-state index contributed by atoms with van der Waals surface area (Å²) in [6, 6.07) is 8.26. The van der Waals surface area contributed by atoms with E-state index in [4.69, 9.17) is 0 Å². The zero-order valence-corrected chi connectivity index (χ0v) is 10.1. The zero-order chi connectivity index (χ0) is 11.9. The third kappa shape index (κ3) is 1.43. The molecule has 2 nitrogen and oxygen atoms in total. The van der Waals surface area contributed by atoms with Gasteiger partial charge in [-0.15, -0.1) is 0 Å². The van der Waals surface area contributed by atoms with Crippen LogP contribution < -0.4 is 0 Å². The summed E-state index contributed by atoms with van der Waals surface area (Å²) in [5, 5.41) is 1.21. The van der Waals surface area contributed by atoms with E-state index in [9.17, 15) is 4.79 Å². The van der Waals surface area contributed by atoms with Crippen molar-refractivity contribution in [3.8, 4) is 0 Å². The third-order valence-electron chi connectivity index (χ3n) is 4.24. The summed E-state index contributed by atoms with van der Waals surface area (Å²) < 4.78 is 0. The van der Waals surface area contributed by atoms with Crippen molar-refractivity contribution in [2.75, 3.05) is 0 Å². The zero-order valence-electron chi connectivity index (χ0n) is 10.1. The Morgan fingerprint density at radius 2 is 1.94 bits per heavy atom. The summed E-state index contributed by atoms with van der Waals surface area (Å²) in [6.07, 6.45) is 6.38. The van der Waals surface area contributed by atoms with Gasteiger partial charge < -0.3 is 4.98 Å². The maximum atomic E-state index is 12.1. The van der Waals surface area contributed by atoms with Gasteiger partial charge in [-0.2, -0.15) is 0 Å². The Morgan fingerprint density at radius 3 is 2.65 bits per heavy atom. The number of carbonyl (C=O) groups is 1. The van der Waals surface area contributed by atoms with Gasteiger partial charge in [-0.3, -0.25) is 4.79 Å². The highest BCUT2D eigenvalue weighted by Crippen LogP contribution is 2.44. The number of aromatic nitrogens is 1. The highest BCUT2D eigenvalue weighted by molar-refractivity contribution is 5.95. The molecule has 88 valence electrons. The molecule has 1 aliphatic rings. The van der Waals surface area contributed by atoms with Crippen LogP contribution in [0.2, 0.25) is 0 Å². The average Bonchev–Trinajstić information content (AvgIpc) is 2.95. The van der Waals surface area contributed by atoms with Crippen molar-refractivity contribution in [1.29, 1.82) is 0 Å². The number of fused-ring (bicyclic) bond motifs is 1. The van der Waals surface area contributed by atoms with Crippen LogP contribution in [-0.4, -0.2) is 10.8 Å². The van der Waals surface area contributed by atoms with Crippen molar-refractivity contribution >= 4 is 16.7 Å². The summed E-state index contributed by atoms with van der Waals surface area (Å²) >= 11 is 0. The minimum atomic E-state index is -0.223. The summed E-state index contributed by atoms with van der Waals surface area (Å²) in [7, 11) is 0. The molecule has 1 heterocycles. The topological polar surface area (TPSA) is 32.9 Å². The lowest BCUT2D eigenvalue weighted by Crippen LogP contribution is -2.30. The van der Waals surface area contributed by atoms with Crippen LogP contribution in [0.15, 0.2) is 30.5 Å². The molecule has 17 heavy (non-hydrogen) atoms. The van der Waals surface area contributed by atoms with Gasteiger partial charge in [-0.05, 0) is 31.4 Å². The van der Waals surface area contributed by atoms with Crippen molar-refractivity contribution in [3.63, 3.8) is 0 Å². The smallest absolute Gasteiger partial charge is 0.140 e. The number of carbonyl (C=O) groups excluding carboxylic acids is 1. The highest BCUT2D eigenvalue weighted by Gasteiger charge is 2.41. The molecule has 0 atom stereocenters. The van der Waals surface area contributed by atoms with E-state index in [1.54, 1.807) is 6.92 Å². The first-order chi connectivity index (χ1) is 8.24. The summed E-state index contributed by atoms with van der Waals surface area (Å²) in [6.45, 7) is 1.74. The number of aromatic amines is 1. The quantitative estimate of drug-likeness (QED) is 0.835. The Labute approximate surface area is 101 Å². The van der Waals surface area contributed by atoms with Gasteiger partial charge >= 0.3 is 0 Å². The second kappa shape index (κ2) is 3.73. The average molecular weight is 227 g/mol. The van der Waals surface area contributed by atoms with Crippen LogP contribution in [0.25, 0.3) is 10.9 Å². The fourth-order valence-corrected chi connectivity index (χ4v) is 3.26. The molecule has 0 radical (unpaired) electrons. The Morgan fingerprint density at radius 1 is 1.24 bits per heavy atom. The largest absolute Gasteiger partial charge is 0.361 e. The fraction of sp³-hybridized carbons (Fsp3) is 0.400. The van der Waals surface area contributed by atoms with Gasteiger partial charge in [0.1, 0.15) is 5.78 Å². The Hall–Kier alpha value is -1.57. The fourth-order valence-electron chi connectivity index (χ4n) is 3.26. The van der Waals surface area contributed by atoms with Gasteiger partial charge in [0.15, 0.2) is 0 Å². The van der Waals surface area contributed by atoms with E-state index < -0.39 is 0 Å². The lowest BCUT2D eigenvalue weighted by molar-refractivity contribution is -0.122. The Bertz CT molecular complexity index is 561. The number of nitrogens with one attached hydrogen (secondary N) is 1. The van der Waals surface area contributed by atoms with Crippen LogP contribution in [0, 0.1) is 0 Å². The maximum Gasteiger partial charge on any atom is 0.140 e. The van der Waals surface area contributed by atoms with Crippen LogP contribution >= 0.6 is 0 Å². The van der Waals surface area contributed by atoms with E-state index in [1.165, 1.54) is 23.8 Å². The van der Waals surface area contributed by atoms with Gasteiger partial charge in [0, 0.05) is 17.1 Å². The van der Waals surface area contributed by atoms with Crippen molar-refractivity contribution in [2.45, 2.75) is 38.0 Å². The number of ketones is 1. The summed E-state index contributed by atoms with van der Waals surface area (Å²) in [5.41, 5.74) is 2.12. The highest BCUT2D eigenvalue weighted by atomic mass is 16.1. The number of rotatable bonds is 2. The number of hydrogen-bond acceptors (Lipinski definition) is 1. The molecule has 0 amide bonds. The minimum absolute atomic E-state index is 0.223. The van der Waals surface area contributed by atoms with Crippen LogP contribution in [-0.2, 0) is 10.2 Å². The molecular formula is C15H17NO. The number of para-hydroxylation sites is 1. The first kappa shape index (κ1) is 10.6. The minimum Gasteiger partial charge on any atom is -0.361 e. The van der Waals surface area contributed by atoms with Crippen LogP contribution in [0.1, 0.15) is 38.2 Å². The Balaban J connectivity index is 2.22. The molecule has 0 saturated heterocycles. The second-order valence-corrected chi connectivity index (χ2v) is 5.09. The first-order valence-electron chi connectivity index (χ1n) is 6.32. The predicted octanol–water partition coefficient (Wildman–Crippen LogP) is 3.57. The van der Waals surface area contributed by atoms with E-state index in [0.29, 0.717) is 5.78 Å². The normalized spacial score (nSPS) is 18.6. The molecule has 3 rings (SSSR count). The standard InChI is InChI=1S/C15H17NO/c1-11(17)15(8-4-5-9-15)13-10-16-14-7-3-2-6-12(13)14/h2-3,6-7,10,16H,4-5,8-9H2,1H3. The summed E-state index contributed by atoms with van der Waals surface area (Å²) in [4.78, 5) is 15.4. The molecule has 0 spiro atoms. The van der Waals surface area contributed by atoms with E-state index in [0.717, 1.165) is 18.4 Å². The lowest BCUT2D eigenvalue weighted by Gasteiger charge is -2.25. The summed E-state index contributed by atoms with van der Waals surface area (Å²) in [5.74, 6) is 0.319. The van der Waals surface area contributed by atoms with E-state index in [-0.39, 0.29) is 5.41 Å². The van der Waals surface area contributed by atoms with Gasteiger partial charge in [0.05, 0.1) is 5.41 Å². The molecule has 1 saturated carbocycles. The number of H-pyrrole nitrogens is 1. The molecule has 2 aromatic rings. The molecule has 1 fully saturated rings. The molecule has 0 bridgehead atoms. The third-order valence-corrected chi connectivity index (χ3v) is 4.24. The van der Waals surface area contributed by atoms with Crippen LogP contribution in [0.4, 0.5) is 0 Å². The monoisotopic (exact) mass is 227 g/mol. The SMILES string of the molecule is CC(=O)C1(c2c[nH]c3ccccc23)CCCC1. The number of Topliss-reactive ketones (excluding diaryl/α,β-unsaturated/α-hetero) is 1. The lowest BCUT2D eigenvalue weighted by atomic mass is 9.75. The molecule has 1 aromatic heterocycles. The van der Waals surface area contributed by atoms with Gasteiger partial charge in [-0.1, -0.05) is 31.0 Å². The molecule has 2 heteroatoms. The van der Waals surface area contributed by atoms with Gasteiger partial charge in [0.25, 0.3) is 0 Å².